The van der Waals surface area contributed by atoms with Crippen LogP contribution in [0, 0.1) is 0 Å². The molecule has 0 aliphatic heterocycles. The summed E-state index contributed by atoms with van der Waals surface area (Å²) >= 11 is 7.82. The van der Waals surface area contributed by atoms with E-state index in [-0.39, 0.29) is 5.56 Å². The number of hydrogen-bond donors (Lipinski definition) is 1. The van der Waals surface area contributed by atoms with Gasteiger partial charge in [-0.15, -0.1) is 11.3 Å². The number of fused-ring (bicyclic) bond motifs is 3. The van der Waals surface area contributed by atoms with Crippen LogP contribution in [-0.2, 0) is 19.9 Å². The fourth-order valence-electron chi connectivity index (χ4n) is 3.27. The van der Waals surface area contributed by atoms with Gasteiger partial charge in [0, 0.05) is 17.6 Å². The van der Waals surface area contributed by atoms with Gasteiger partial charge in [-0.05, 0) is 49.4 Å². The number of nitrogens with zero attached hydrogens (tertiary/aromatic N) is 2. The Bertz CT molecular complexity index is 1030. The minimum Gasteiger partial charge on any atom is -0.495 e. The zero-order chi connectivity index (χ0) is 17.6. The van der Waals surface area contributed by atoms with Crippen molar-refractivity contribution in [3.8, 4) is 5.75 Å². The van der Waals surface area contributed by atoms with E-state index in [9.17, 15) is 4.79 Å². The van der Waals surface area contributed by atoms with Crippen LogP contribution in [0.3, 0.4) is 0 Å². The Hall–Kier alpha value is -2.05. The molecular weight excluding hydrogens is 358 g/mol. The van der Waals surface area contributed by atoms with Crippen LogP contribution in [-0.4, -0.2) is 16.7 Å². The molecule has 0 radical (unpaired) electrons. The highest BCUT2D eigenvalue weighted by Crippen LogP contribution is 2.34. The third-order valence-electron chi connectivity index (χ3n) is 4.60. The lowest BCUT2D eigenvalue weighted by molar-refractivity contribution is 0.415. The first-order valence-electron chi connectivity index (χ1n) is 8.20. The van der Waals surface area contributed by atoms with Gasteiger partial charge in [-0.3, -0.25) is 9.36 Å². The number of anilines is 2. The van der Waals surface area contributed by atoms with Gasteiger partial charge in [-0.25, -0.2) is 4.98 Å². The van der Waals surface area contributed by atoms with Crippen molar-refractivity contribution in [1.82, 2.24) is 9.55 Å². The van der Waals surface area contributed by atoms with Gasteiger partial charge in [0.25, 0.3) is 5.56 Å². The number of hydrogen-bond acceptors (Lipinski definition) is 5. The van der Waals surface area contributed by atoms with Crippen LogP contribution < -0.4 is 15.6 Å². The molecule has 3 aromatic rings. The molecule has 0 unspecified atom stereocenters. The Kier molecular flexibility index (Phi) is 4.17. The largest absolute Gasteiger partial charge is 0.495 e. The van der Waals surface area contributed by atoms with Crippen molar-refractivity contribution in [1.29, 1.82) is 0 Å². The van der Waals surface area contributed by atoms with Crippen LogP contribution in [0.5, 0.6) is 5.75 Å². The van der Waals surface area contributed by atoms with Crippen LogP contribution in [0.2, 0.25) is 5.02 Å². The molecule has 1 aromatic carbocycles. The molecule has 5 nitrogen and oxygen atoms in total. The van der Waals surface area contributed by atoms with E-state index in [0.29, 0.717) is 16.7 Å². The third-order valence-corrected chi connectivity index (χ3v) is 6.09. The number of nitrogens with one attached hydrogen (secondary N) is 1. The summed E-state index contributed by atoms with van der Waals surface area (Å²) in [4.78, 5) is 19.7. The molecule has 130 valence electrons. The molecule has 0 fully saturated rings. The molecule has 1 N–H and O–H groups in total. The maximum atomic E-state index is 12.9. The second kappa shape index (κ2) is 6.35. The van der Waals surface area contributed by atoms with E-state index in [4.69, 9.17) is 21.3 Å². The molecule has 1 aliphatic rings. The normalized spacial score (nSPS) is 13.7. The average molecular weight is 376 g/mol. The highest BCUT2D eigenvalue weighted by Gasteiger charge is 2.21. The molecule has 4 rings (SSSR count). The fraction of sp³-hybridized carbons (Fsp3) is 0.333. The van der Waals surface area contributed by atoms with Gasteiger partial charge < -0.3 is 10.1 Å². The van der Waals surface area contributed by atoms with E-state index < -0.39 is 0 Å². The summed E-state index contributed by atoms with van der Waals surface area (Å²) in [5, 5.41) is 4.49. The van der Waals surface area contributed by atoms with Crippen molar-refractivity contribution >= 4 is 44.8 Å². The van der Waals surface area contributed by atoms with E-state index >= 15 is 0 Å². The Labute approximate surface area is 154 Å². The van der Waals surface area contributed by atoms with Crippen LogP contribution >= 0.6 is 22.9 Å². The minimum atomic E-state index is 0.00603. The lowest BCUT2D eigenvalue weighted by atomic mass is 9.97. The zero-order valence-electron chi connectivity index (χ0n) is 14.1. The van der Waals surface area contributed by atoms with Gasteiger partial charge in [-0.2, -0.15) is 0 Å². The summed E-state index contributed by atoms with van der Waals surface area (Å²) < 4.78 is 6.74. The summed E-state index contributed by atoms with van der Waals surface area (Å²) in [6.07, 6.45) is 4.37. The lowest BCUT2D eigenvalue weighted by Gasteiger charge is -2.12. The number of aryl methyl sites for hydroxylation is 2. The van der Waals surface area contributed by atoms with E-state index in [1.165, 1.54) is 16.9 Å². The molecule has 1 aliphatic carbocycles. The van der Waals surface area contributed by atoms with Crippen molar-refractivity contribution in [2.24, 2.45) is 7.05 Å². The Morgan fingerprint density at radius 3 is 2.88 bits per heavy atom. The van der Waals surface area contributed by atoms with Gasteiger partial charge in [0.05, 0.1) is 17.5 Å². The number of rotatable bonds is 3. The molecule has 0 bridgehead atoms. The molecule has 25 heavy (non-hydrogen) atoms. The summed E-state index contributed by atoms with van der Waals surface area (Å²) in [6.45, 7) is 0. The van der Waals surface area contributed by atoms with Crippen LogP contribution in [0.15, 0.2) is 23.0 Å². The van der Waals surface area contributed by atoms with E-state index in [0.717, 1.165) is 35.2 Å². The highest BCUT2D eigenvalue weighted by molar-refractivity contribution is 7.18. The van der Waals surface area contributed by atoms with E-state index in [2.05, 4.69) is 5.32 Å². The molecular formula is C18H18ClN3O2S. The van der Waals surface area contributed by atoms with E-state index in [1.807, 2.05) is 6.07 Å². The van der Waals surface area contributed by atoms with Crippen molar-refractivity contribution in [2.75, 3.05) is 12.4 Å². The number of aromatic nitrogens is 2. The Morgan fingerprint density at radius 1 is 1.32 bits per heavy atom. The molecule has 0 saturated heterocycles. The third kappa shape index (κ3) is 2.79. The van der Waals surface area contributed by atoms with Gasteiger partial charge in [-0.1, -0.05) is 11.6 Å². The van der Waals surface area contributed by atoms with Gasteiger partial charge in [0.1, 0.15) is 10.6 Å². The predicted molar refractivity (Wildman–Crippen MR) is 103 cm³/mol. The first kappa shape index (κ1) is 16.4. The summed E-state index contributed by atoms with van der Waals surface area (Å²) in [6, 6.07) is 5.39. The maximum absolute atomic E-state index is 12.9. The van der Waals surface area contributed by atoms with Gasteiger partial charge in [0.15, 0.2) is 0 Å². The fourth-order valence-corrected chi connectivity index (χ4v) is 4.78. The topological polar surface area (TPSA) is 56.1 Å². The molecule has 2 heterocycles. The molecule has 2 aromatic heterocycles. The molecule has 0 atom stereocenters. The molecule has 0 saturated carbocycles. The van der Waals surface area contributed by atoms with Crippen molar-refractivity contribution in [3.05, 3.63) is 44.0 Å². The zero-order valence-corrected chi connectivity index (χ0v) is 15.6. The number of ether oxygens (including phenoxy) is 1. The monoisotopic (exact) mass is 375 g/mol. The Balaban J connectivity index is 1.79. The summed E-state index contributed by atoms with van der Waals surface area (Å²) in [5.74, 6) is 1.12. The van der Waals surface area contributed by atoms with Gasteiger partial charge >= 0.3 is 0 Å². The quantitative estimate of drug-likeness (QED) is 0.742. The average Bonchev–Trinajstić information content (AvgIpc) is 2.98. The predicted octanol–water partition coefficient (Wildman–Crippen LogP) is 4.28. The number of halogens is 1. The number of methoxy groups -OCH3 is 1. The second-order valence-electron chi connectivity index (χ2n) is 6.16. The lowest BCUT2D eigenvalue weighted by Crippen LogP contribution is -2.21. The standard InChI is InChI=1S/C18H18ClN3O2S/c1-22-17(23)15-11-5-3-4-6-14(11)25-16(15)21-18(22)20-10-7-8-13(24-2)12(19)9-10/h7-9H,3-6H2,1-2H3,(H,20,21). The van der Waals surface area contributed by atoms with Crippen molar-refractivity contribution < 1.29 is 4.74 Å². The van der Waals surface area contributed by atoms with Crippen LogP contribution in [0.25, 0.3) is 10.2 Å². The van der Waals surface area contributed by atoms with Crippen molar-refractivity contribution in [3.63, 3.8) is 0 Å². The Morgan fingerprint density at radius 2 is 2.12 bits per heavy atom. The SMILES string of the molecule is COc1ccc(Nc2nc3sc4c(c3c(=O)n2C)CCCC4)cc1Cl. The van der Waals surface area contributed by atoms with Crippen LogP contribution in [0.1, 0.15) is 23.3 Å². The first-order valence-corrected chi connectivity index (χ1v) is 9.39. The first-order chi connectivity index (χ1) is 12.1. The molecule has 0 spiro atoms. The van der Waals surface area contributed by atoms with E-state index in [1.54, 1.807) is 42.2 Å². The summed E-state index contributed by atoms with van der Waals surface area (Å²) in [5.41, 5.74) is 1.97. The highest BCUT2D eigenvalue weighted by atomic mass is 35.5. The smallest absolute Gasteiger partial charge is 0.263 e. The number of thiophene rings is 1. The van der Waals surface area contributed by atoms with Crippen molar-refractivity contribution in [2.45, 2.75) is 25.7 Å². The minimum absolute atomic E-state index is 0.00603. The molecule has 0 amide bonds. The maximum Gasteiger partial charge on any atom is 0.263 e. The summed E-state index contributed by atoms with van der Waals surface area (Å²) in [7, 11) is 3.32. The van der Waals surface area contributed by atoms with Crippen LogP contribution in [0.4, 0.5) is 11.6 Å². The van der Waals surface area contributed by atoms with Gasteiger partial charge in [0.2, 0.25) is 5.95 Å². The molecule has 7 heteroatoms. The number of benzene rings is 1. The second-order valence-corrected chi connectivity index (χ2v) is 7.66.